The van der Waals surface area contributed by atoms with E-state index in [-0.39, 0.29) is 0 Å². The molecule has 0 fully saturated rings. The Kier molecular flexibility index (Phi) is 3.99. The predicted octanol–water partition coefficient (Wildman–Crippen LogP) is 0.652. The van der Waals surface area contributed by atoms with Crippen molar-refractivity contribution in [2.45, 2.75) is 26.0 Å². The van der Waals surface area contributed by atoms with E-state index in [1.165, 1.54) is 0 Å². The molecule has 98 valence electrons. The van der Waals surface area contributed by atoms with Crippen molar-refractivity contribution in [1.82, 2.24) is 19.6 Å². The topological polar surface area (TPSA) is 67.9 Å². The van der Waals surface area contributed by atoms with Gasteiger partial charge in [0.05, 0.1) is 24.0 Å². The summed E-state index contributed by atoms with van der Waals surface area (Å²) in [6, 6.07) is 1.84. The van der Waals surface area contributed by atoms with Gasteiger partial charge in [0.1, 0.15) is 0 Å². The average Bonchev–Trinajstić information content (AvgIpc) is 2.95. The molecule has 1 atom stereocenters. The molecule has 2 N–H and O–H groups in total. The van der Waals surface area contributed by atoms with Crippen molar-refractivity contribution in [3.05, 3.63) is 30.4 Å². The smallest absolute Gasteiger partial charge is 0.0907 e. The molecule has 2 aromatic heterocycles. The van der Waals surface area contributed by atoms with Crippen LogP contribution in [0.4, 0.5) is 5.69 Å². The summed E-state index contributed by atoms with van der Waals surface area (Å²) in [5.74, 6) is 0. The van der Waals surface area contributed by atoms with Crippen molar-refractivity contribution in [3.63, 3.8) is 0 Å². The molecule has 0 aliphatic heterocycles. The molecule has 2 aromatic rings. The highest BCUT2D eigenvalue weighted by molar-refractivity contribution is 5.46. The van der Waals surface area contributed by atoms with Crippen molar-refractivity contribution in [3.8, 4) is 0 Å². The molecule has 0 aromatic carbocycles. The molecule has 0 aliphatic rings. The number of aliphatic hydroxyl groups excluding tert-OH is 1. The van der Waals surface area contributed by atoms with E-state index >= 15 is 0 Å². The van der Waals surface area contributed by atoms with Crippen LogP contribution >= 0.6 is 0 Å². The standard InChI is InChI=1S/C12H19N5O/c1-3-11-12(9-16(2)15-11)13-7-10(18)8-17-6-4-5-14-17/h4-6,9-10,13,18H,3,7-8H2,1-2H3. The fourth-order valence-corrected chi connectivity index (χ4v) is 1.86. The molecular weight excluding hydrogens is 230 g/mol. The third-order valence-corrected chi connectivity index (χ3v) is 2.73. The van der Waals surface area contributed by atoms with Gasteiger partial charge < -0.3 is 10.4 Å². The minimum absolute atomic E-state index is 0.477. The zero-order chi connectivity index (χ0) is 13.0. The Morgan fingerprint density at radius 3 is 3.00 bits per heavy atom. The fourth-order valence-electron chi connectivity index (χ4n) is 1.86. The van der Waals surface area contributed by atoms with Crippen LogP contribution in [0.5, 0.6) is 0 Å². The van der Waals surface area contributed by atoms with Gasteiger partial charge in [-0.05, 0) is 12.5 Å². The van der Waals surface area contributed by atoms with Crippen LogP contribution in [0.25, 0.3) is 0 Å². The van der Waals surface area contributed by atoms with Crippen molar-refractivity contribution in [1.29, 1.82) is 0 Å². The Labute approximate surface area is 106 Å². The van der Waals surface area contributed by atoms with Crippen molar-refractivity contribution >= 4 is 5.69 Å². The molecule has 0 amide bonds. The van der Waals surface area contributed by atoms with Crippen LogP contribution in [0.1, 0.15) is 12.6 Å². The first-order valence-electron chi connectivity index (χ1n) is 6.11. The second-order valence-corrected chi connectivity index (χ2v) is 4.28. The summed E-state index contributed by atoms with van der Waals surface area (Å²) in [5, 5.41) is 21.5. The zero-order valence-corrected chi connectivity index (χ0v) is 10.7. The Balaban J connectivity index is 1.86. The molecule has 0 spiro atoms. The Hall–Kier alpha value is -1.82. The molecule has 0 saturated carbocycles. The lowest BCUT2D eigenvalue weighted by atomic mass is 10.3. The van der Waals surface area contributed by atoms with Crippen LogP contribution in [0.15, 0.2) is 24.7 Å². The number of nitrogens with zero attached hydrogens (tertiary/aromatic N) is 4. The van der Waals surface area contributed by atoms with Crippen LogP contribution in [-0.4, -0.2) is 37.3 Å². The van der Waals surface area contributed by atoms with E-state index in [0.717, 1.165) is 17.8 Å². The monoisotopic (exact) mass is 249 g/mol. The summed E-state index contributed by atoms with van der Waals surface area (Å²) in [6.07, 6.45) is 5.87. The highest BCUT2D eigenvalue weighted by atomic mass is 16.3. The molecule has 0 bridgehead atoms. The lowest BCUT2D eigenvalue weighted by molar-refractivity contribution is 0.161. The van der Waals surface area contributed by atoms with Crippen molar-refractivity contribution in [2.24, 2.45) is 7.05 Å². The van der Waals surface area contributed by atoms with Crippen LogP contribution < -0.4 is 5.32 Å². The van der Waals surface area contributed by atoms with Crippen molar-refractivity contribution in [2.75, 3.05) is 11.9 Å². The Morgan fingerprint density at radius 1 is 1.50 bits per heavy atom. The highest BCUT2D eigenvalue weighted by Gasteiger charge is 2.09. The number of nitrogens with one attached hydrogen (secondary N) is 1. The number of anilines is 1. The predicted molar refractivity (Wildman–Crippen MR) is 69.3 cm³/mol. The normalized spacial score (nSPS) is 12.6. The summed E-state index contributed by atoms with van der Waals surface area (Å²) in [7, 11) is 1.89. The molecule has 6 heteroatoms. The van der Waals surface area contributed by atoms with E-state index in [9.17, 15) is 5.11 Å². The van der Waals surface area contributed by atoms with Crippen LogP contribution in [-0.2, 0) is 20.0 Å². The minimum Gasteiger partial charge on any atom is -0.389 e. The number of aryl methyl sites for hydroxylation is 2. The molecule has 1 unspecified atom stereocenters. The first kappa shape index (κ1) is 12.6. The number of aromatic nitrogens is 4. The lowest BCUT2D eigenvalue weighted by Crippen LogP contribution is -2.25. The van der Waals surface area contributed by atoms with Crippen LogP contribution in [0, 0.1) is 0 Å². The van der Waals surface area contributed by atoms with Gasteiger partial charge in [-0.3, -0.25) is 9.36 Å². The molecule has 6 nitrogen and oxygen atoms in total. The largest absolute Gasteiger partial charge is 0.389 e. The first-order valence-corrected chi connectivity index (χ1v) is 6.11. The third kappa shape index (κ3) is 3.10. The van der Waals surface area contributed by atoms with Crippen molar-refractivity contribution < 1.29 is 5.11 Å². The highest BCUT2D eigenvalue weighted by Crippen LogP contribution is 2.13. The number of hydrogen-bond donors (Lipinski definition) is 2. The summed E-state index contributed by atoms with van der Waals surface area (Å²) in [5.41, 5.74) is 2.00. The third-order valence-electron chi connectivity index (χ3n) is 2.73. The average molecular weight is 249 g/mol. The molecule has 2 heterocycles. The molecular formula is C12H19N5O. The second kappa shape index (κ2) is 5.68. The lowest BCUT2D eigenvalue weighted by Gasteiger charge is -2.12. The zero-order valence-electron chi connectivity index (χ0n) is 10.7. The molecule has 18 heavy (non-hydrogen) atoms. The summed E-state index contributed by atoms with van der Waals surface area (Å²) in [4.78, 5) is 0. The molecule has 0 saturated heterocycles. The second-order valence-electron chi connectivity index (χ2n) is 4.28. The Bertz CT molecular complexity index is 477. The summed E-state index contributed by atoms with van der Waals surface area (Å²) < 4.78 is 3.50. The summed E-state index contributed by atoms with van der Waals surface area (Å²) in [6.45, 7) is 3.04. The van der Waals surface area contributed by atoms with E-state index < -0.39 is 6.10 Å². The van der Waals surface area contributed by atoms with Gasteiger partial charge in [0.2, 0.25) is 0 Å². The fraction of sp³-hybridized carbons (Fsp3) is 0.500. The van der Waals surface area contributed by atoms with Gasteiger partial charge in [0.25, 0.3) is 0 Å². The Morgan fingerprint density at radius 2 is 2.33 bits per heavy atom. The quantitative estimate of drug-likeness (QED) is 0.789. The van der Waals surface area contributed by atoms with Gasteiger partial charge in [0, 0.05) is 32.2 Å². The van der Waals surface area contributed by atoms with Gasteiger partial charge in [-0.15, -0.1) is 0 Å². The first-order chi connectivity index (χ1) is 8.69. The van der Waals surface area contributed by atoms with E-state index in [2.05, 4.69) is 22.4 Å². The maximum Gasteiger partial charge on any atom is 0.0907 e. The number of hydrogen-bond acceptors (Lipinski definition) is 4. The van der Waals surface area contributed by atoms with E-state index in [1.54, 1.807) is 15.6 Å². The van der Waals surface area contributed by atoms with Gasteiger partial charge in [0.15, 0.2) is 0 Å². The van der Waals surface area contributed by atoms with E-state index in [1.807, 2.05) is 25.5 Å². The van der Waals surface area contributed by atoms with Gasteiger partial charge >= 0.3 is 0 Å². The molecule has 2 rings (SSSR count). The molecule has 0 radical (unpaired) electrons. The summed E-state index contributed by atoms with van der Waals surface area (Å²) >= 11 is 0. The maximum atomic E-state index is 9.90. The van der Waals surface area contributed by atoms with Gasteiger partial charge in [-0.2, -0.15) is 10.2 Å². The minimum atomic E-state index is -0.477. The molecule has 0 aliphatic carbocycles. The number of rotatable bonds is 6. The maximum absolute atomic E-state index is 9.90. The van der Waals surface area contributed by atoms with E-state index in [0.29, 0.717) is 13.1 Å². The van der Waals surface area contributed by atoms with Gasteiger partial charge in [-0.25, -0.2) is 0 Å². The number of aliphatic hydroxyl groups is 1. The van der Waals surface area contributed by atoms with Crippen LogP contribution in [0.2, 0.25) is 0 Å². The SMILES string of the molecule is CCc1nn(C)cc1NCC(O)Cn1cccn1. The van der Waals surface area contributed by atoms with E-state index in [4.69, 9.17) is 0 Å². The van der Waals surface area contributed by atoms with Crippen LogP contribution in [0.3, 0.4) is 0 Å². The van der Waals surface area contributed by atoms with Gasteiger partial charge in [-0.1, -0.05) is 6.92 Å².